The van der Waals surface area contributed by atoms with Crippen LogP contribution in [0.2, 0.25) is 5.28 Å². The molecule has 1 aromatic heterocycles. The average molecular weight is 352 g/mol. The molecule has 1 heterocycles. The summed E-state index contributed by atoms with van der Waals surface area (Å²) in [4.78, 5) is 8.06. The number of methoxy groups -OCH3 is 1. The molecule has 0 spiro atoms. The molecule has 5 nitrogen and oxygen atoms in total. The number of anilines is 2. The number of hydrogen-bond acceptors (Lipinski definition) is 5. The lowest BCUT2D eigenvalue weighted by Gasteiger charge is -2.17. The van der Waals surface area contributed by atoms with E-state index in [-0.39, 0.29) is 5.28 Å². The van der Waals surface area contributed by atoms with Crippen molar-refractivity contribution in [2.24, 2.45) is 0 Å². The molecule has 1 aliphatic rings. The van der Waals surface area contributed by atoms with Crippen molar-refractivity contribution in [1.29, 1.82) is 0 Å². The van der Waals surface area contributed by atoms with Crippen molar-refractivity contribution in [2.45, 2.75) is 18.8 Å². The zero-order chi connectivity index (χ0) is 16.6. The van der Waals surface area contributed by atoms with Gasteiger partial charge in [0, 0.05) is 5.30 Å². The van der Waals surface area contributed by atoms with Gasteiger partial charge in [-0.05, 0) is 61.4 Å². The van der Waals surface area contributed by atoms with Gasteiger partial charge in [-0.3, -0.25) is 0 Å². The van der Waals surface area contributed by atoms with Gasteiger partial charge in [0.25, 0.3) is 0 Å². The first-order valence-electron chi connectivity index (χ1n) is 7.41. The molecule has 0 aliphatic heterocycles. The lowest BCUT2D eigenvalue weighted by Crippen LogP contribution is -2.12. The first-order valence-corrected chi connectivity index (χ1v) is 10.4. The highest BCUT2D eigenvalue weighted by Gasteiger charge is 2.26. The van der Waals surface area contributed by atoms with Gasteiger partial charge in [-0.2, -0.15) is 4.98 Å². The number of benzene rings is 1. The zero-order valence-electron chi connectivity index (χ0n) is 13.3. The number of aromatic nitrogens is 2. The van der Waals surface area contributed by atoms with E-state index in [1.54, 1.807) is 20.4 Å². The Morgan fingerprint density at radius 3 is 2.70 bits per heavy atom. The zero-order valence-corrected chi connectivity index (χ0v) is 15.0. The molecule has 0 amide bonds. The Morgan fingerprint density at radius 1 is 1.35 bits per heavy atom. The third-order valence-electron chi connectivity index (χ3n) is 3.85. The van der Waals surface area contributed by atoms with Crippen molar-refractivity contribution in [3.63, 3.8) is 0 Å². The molecule has 0 radical (unpaired) electrons. The molecule has 1 fully saturated rings. The third-order valence-corrected chi connectivity index (χ3v) is 5.56. The third kappa shape index (κ3) is 3.67. The van der Waals surface area contributed by atoms with Crippen LogP contribution in [-0.4, -0.2) is 30.4 Å². The molecule has 0 saturated heterocycles. The fraction of sp³-hybridized carbons (Fsp3) is 0.375. The molecule has 122 valence electrons. The Labute approximate surface area is 140 Å². The van der Waals surface area contributed by atoms with E-state index in [0.29, 0.717) is 17.5 Å². The van der Waals surface area contributed by atoms with Crippen LogP contribution >= 0.6 is 18.7 Å². The van der Waals surface area contributed by atoms with E-state index in [2.05, 4.69) is 27.4 Å². The highest BCUT2D eigenvalue weighted by Crippen LogP contribution is 2.44. The van der Waals surface area contributed by atoms with Gasteiger partial charge >= 0.3 is 0 Å². The van der Waals surface area contributed by atoms with Crippen LogP contribution in [0.25, 0.3) is 0 Å². The molecule has 1 aliphatic carbocycles. The Balaban J connectivity index is 2.02. The first-order chi connectivity index (χ1) is 10.9. The normalized spacial score (nSPS) is 14.6. The van der Waals surface area contributed by atoms with Gasteiger partial charge in [-0.15, -0.1) is 0 Å². The molecular weight excluding hydrogens is 333 g/mol. The maximum Gasteiger partial charge on any atom is 0.224 e. The van der Waals surface area contributed by atoms with Crippen LogP contribution in [0.4, 0.5) is 11.5 Å². The number of ether oxygens (including phenoxy) is 1. The monoisotopic (exact) mass is 351 g/mol. The topological polar surface area (TPSA) is 64.1 Å². The molecule has 0 atom stereocenters. The molecule has 7 heteroatoms. The van der Waals surface area contributed by atoms with E-state index >= 15 is 0 Å². The van der Waals surface area contributed by atoms with Crippen molar-refractivity contribution in [1.82, 2.24) is 9.97 Å². The van der Waals surface area contributed by atoms with Gasteiger partial charge in [0.05, 0.1) is 19.0 Å². The molecule has 3 rings (SSSR count). The number of nitrogens with zero attached hydrogens (tertiary/aromatic N) is 2. The molecule has 0 bridgehead atoms. The van der Waals surface area contributed by atoms with Crippen LogP contribution in [-0.2, 0) is 4.57 Å². The molecule has 23 heavy (non-hydrogen) atoms. The van der Waals surface area contributed by atoms with Crippen LogP contribution in [0.15, 0.2) is 24.4 Å². The second kappa shape index (κ2) is 6.14. The van der Waals surface area contributed by atoms with Gasteiger partial charge in [-0.1, -0.05) is 6.07 Å². The lowest BCUT2D eigenvalue weighted by molar-refractivity contribution is 0.413. The number of nitrogens with one attached hydrogen (secondary N) is 1. The highest BCUT2D eigenvalue weighted by molar-refractivity contribution is 7.70. The average Bonchev–Trinajstić information content (AvgIpc) is 3.31. The smallest absolute Gasteiger partial charge is 0.224 e. The highest BCUT2D eigenvalue weighted by atomic mass is 35.5. The molecule has 1 aromatic carbocycles. The fourth-order valence-corrected chi connectivity index (χ4v) is 3.79. The summed E-state index contributed by atoms with van der Waals surface area (Å²) >= 11 is 5.87. The summed E-state index contributed by atoms with van der Waals surface area (Å²) in [6.07, 6.45) is 3.92. The number of rotatable bonds is 5. The first kappa shape index (κ1) is 16.3. The Kier molecular flexibility index (Phi) is 4.35. The van der Waals surface area contributed by atoms with Gasteiger partial charge in [0.2, 0.25) is 5.28 Å². The van der Waals surface area contributed by atoms with Crippen LogP contribution in [0.5, 0.6) is 5.75 Å². The van der Waals surface area contributed by atoms with Crippen LogP contribution in [0, 0.1) is 0 Å². The predicted octanol–water partition coefficient (Wildman–Crippen LogP) is 4.01. The van der Waals surface area contributed by atoms with E-state index in [9.17, 15) is 4.57 Å². The van der Waals surface area contributed by atoms with Gasteiger partial charge in [-0.25, -0.2) is 4.98 Å². The van der Waals surface area contributed by atoms with Crippen LogP contribution in [0.1, 0.15) is 24.3 Å². The van der Waals surface area contributed by atoms with Gasteiger partial charge in [0.1, 0.15) is 7.14 Å². The Bertz CT molecular complexity index is 787. The standard InChI is InChI=1S/C16H19ClN3O2P/c1-22-13-9-18-16(17)20-15(13)19-12-7-6-11(10-4-5-10)8-14(12)23(2,3)21/h6-10H,4-5H2,1-3H3,(H,18,19,20). The lowest BCUT2D eigenvalue weighted by atomic mass is 10.1. The molecular formula is C16H19ClN3O2P. The number of hydrogen-bond donors (Lipinski definition) is 1. The van der Waals surface area contributed by atoms with E-state index in [4.69, 9.17) is 16.3 Å². The second-order valence-electron chi connectivity index (χ2n) is 6.08. The van der Waals surface area contributed by atoms with Crippen molar-refractivity contribution < 1.29 is 9.30 Å². The van der Waals surface area contributed by atoms with Crippen LogP contribution < -0.4 is 15.4 Å². The minimum Gasteiger partial charge on any atom is -0.491 e. The van der Waals surface area contributed by atoms with E-state index in [1.165, 1.54) is 24.6 Å². The fourth-order valence-electron chi connectivity index (χ4n) is 2.49. The molecule has 1 saturated carbocycles. The van der Waals surface area contributed by atoms with Crippen molar-refractivity contribution in [3.8, 4) is 5.75 Å². The summed E-state index contributed by atoms with van der Waals surface area (Å²) in [5.41, 5.74) is 2.01. The van der Waals surface area contributed by atoms with Crippen molar-refractivity contribution >= 4 is 35.6 Å². The molecule has 2 aromatic rings. The largest absolute Gasteiger partial charge is 0.491 e. The maximum absolute atomic E-state index is 12.7. The quantitative estimate of drug-likeness (QED) is 0.651. The van der Waals surface area contributed by atoms with Gasteiger partial charge < -0.3 is 14.6 Å². The minimum atomic E-state index is -2.45. The van der Waals surface area contributed by atoms with Gasteiger partial charge in [0.15, 0.2) is 11.6 Å². The Morgan fingerprint density at radius 2 is 2.09 bits per heavy atom. The SMILES string of the molecule is COc1cnc(Cl)nc1Nc1ccc(C2CC2)cc1P(C)(C)=O. The molecule has 1 N–H and O–H groups in total. The van der Waals surface area contributed by atoms with E-state index in [0.717, 1.165) is 11.0 Å². The van der Waals surface area contributed by atoms with Crippen molar-refractivity contribution in [2.75, 3.05) is 25.8 Å². The summed E-state index contributed by atoms with van der Waals surface area (Å²) < 4.78 is 18.0. The van der Waals surface area contributed by atoms with Crippen LogP contribution in [0.3, 0.4) is 0 Å². The maximum atomic E-state index is 12.7. The second-order valence-corrected chi connectivity index (χ2v) is 9.60. The van der Waals surface area contributed by atoms with E-state index in [1.807, 2.05) is 6.07 Å². The summed E-state index contributed by atoms with van der Waals surface area (Å²) in [5, 5.41) is 4.14. The number of halogens is 1. The summed E-state index contributed by atoms with van der Waals surface area (Å²) in [5.74, 6) is 1.55. The minimum absolute atomic E-state index is 0.126. The Hall–Kier alpha value is -1.58. The van der Waals surface area contributed by atoms with E-state index < -0.39 is 7.14 Å². The van der Waals surface area contributed by atoms with Crippen molar-refractivity contribution in [3.05, 3.63) is 35.2 Å². The summed E-state index contributed by atoms with van der Waals surface area (Å²) in [7, 11) is -0.906. The summed E-state index contributed by atoms with van der Waals surface area (Å²) in [6.45, 7) is 3.54. The summed E-state index contributed by atoms with van der Waals surface area (Å²) in [6, 6.07) is 6.09. The molecule has 0 unspecified atom stereocenters. The predicted molar refractivity (Wildman–Crippen MR) is 94.4 cm³/mol.